The van der Waals surface area contributed by atoms with Crippen LogP contribution >= 0.6 is 0 Å². The van der Waals surface area contributed by atoms with E-state index in [0.29, 0.717) is 22.6 Å². The number of likely N-dealkylation sites (tertiary alicyclic amines) is 1. The van der Waals surface area contributed by atoms with Crippen LogP contribution < -0.4 is 10.1 Å². The highest BCUT2D eigenvalue weighted by molar-refractivity contribution is 6.11. The third-order valence-corrected chi connectivity index (χ3v) is 7.25. The average Bonchev–Trinajstić information content (AvgIpc) is 2.92. The highest BCUT2D eigenvalue weighted by Gasteiger charge is 2.54. The Bertz CT molecular complexity index is 1500. The predicted molar refractivity (Wildman–Crippen MR) is 139 cm³/mol. The topological polar surface area (TPSA) is 142 Å². The summed E-state index contributed by atoms with van der Waals surface area (Å²) in [5.74, 6) is -1.59. The molecule has 1 aliphatic carbocycles. The van der Waals surface area contributed by atoms with Crippen LogP contribution in [-0.4, -0.2) is 58.6 Å². The SMILES string of the molecule is COc1cc(-c2ccc(C#N)cn2)cc(C)c1C1C(=O)CC2(CC1=O)CN(C(=O)NC(=O)c1ccccn1)C2. The van der Waals surface area contributed by atoms with Gasteiger partial charge in [-0.05, 0) is 48.9 Å². The minimum atomic E-state index is -0.956. The number of carbonyl (C=O) groups excluding carboxylic acids is 4. The number of benzene rings is 1. The Morgan fingerprint density at radius 2 is 1.85 bits per heavy atom. The fourth-order valence-corrected chi connectivity index (χ4v) is 5.46. The molecule has 0 atom stereocenters. The molecule has 2 fully saturated rings. The lowest BCUT2D eigenvalue weighted by molar-refractivity contribution is -0.141. The molecule has 0 radical (unpaired) electrons. The predicted octanol–water partition coefficient (Wildman–Crippen LogP) is 3.20. The summed E-state index contributed by atoms with van der Waals surface area (Å²) >= 11 is 0. The van der Waals surface area contributed by atoms with Gasteiger partial charge in [-0.2, -0.15) is 5.26 Å². The van der Waals surface area contributed by atoms with E-state index in [1.807, 2.05) is 19.1 Å². The van der Waals surface area contributed by atoms with Gasteiger partial charge >= 0.3 is 6.03 Å². The lowest BCUT2D eigenvalue weighted by Gasteiger charge is -2.52. The molecule has 1 N–H and O–H groups in total. The number of aromatic nitrogens is 2. The number of nitrogens with one attached hydrogen (secondary N) is 1. The molecule has 2 aliphatic rings. The highest BCUT2D eigenvalue weighted by atomic mass is 16.5. The Morgan fingerprint density at radius 3 is 2.44 bits per heavy atom. The number of hydrogen-bond acceptors (Lipinski definition) is 8. The van der Waals surface area contributed by atoms with Gasteiger partial charge in [0.25, 0.3) is 5.91 Å². The Hall–Kier alpha value is -4.91. The lowest BCUT2D eigenvalue weighted by Crippen LogP contribution is -2.64. The zero-order valence-electron chi connectivity index (χ0n) is 21.4. The first-order valence-corrected chi connectivity index (χ1v) is 12.4. The number of ether oxygens (including phenoxy) is 1. The quantitative estimate of drug-likeness (QED) is 0.514. The summed E-state index contributed by atoms with van der Waals surface area (Å²) in [6.07, 6.45) is 3.23. The van der Waals surface area contributed by atoms with E-state index in [1.54, 1.807) is 30.3 Å². The highest BCUT2D eigenvalue weighted by Crippen LogP contribution is 2.47. The van der Waals surface area contributed by atoms with E-state index in [9.17, 15) is 19.2 Å². The first-order chi connectivity index (χ1) is 18.7. The molecule has 0 unspecified atom stereocenters. The number of nitrogens with zero attached hydrogens (tertiary/aromatic N) is 4. The molecule has 10 heteroatoms. The number of amides is 3. The lowest BCUT2D eigenvalue weighted by atomic mass is 9.63. The van der Waals surface area contributed by atoms with E-state index in [0.717, 1.165) is 11.1 Å². The number of hydrogen-bond donors (Lipinski definition) is 1. The van der Waals surface area contributed by atoms with Crippen LogP contribution in [0, 0.1) is 23.7 Å². The largest absolute Gasteiger partial charge is 0.496 e. The molecule has 39 heavy (non-hydrogen) atoms. The molecule has 10 nitrogen and oxygen atoms in total. The summed E-state index contributed by atoms with van der Waals surface area (Å²) in [4.78, 5) is 61.3. The van der Waals surface area contributed by atoms with Crippen LogP contribution in [0.15, 0.2) is 54.9 Å². The van der Waals surface area contributed by atoms with Crippen molar-refractivity contribution in [2.24, 2.45) is 5.41 Å². The number of imide groups is 1. The Labute approximate surface area is 224 Å². The number of methoxy groups -OCH3 is 1. The van der Waals surface area contributed by atoms with E-state index in [2.05, 4.69) is 15.3 Å². The van der Waals surface area contributed by atoms with Crippen molar-refractivity contribution in [2.45, 2.75) is 25.7 Å². The van der Waals surface area contributed by atoms with Crippen LogP contribution in [0.1, 0.15) is 45.9 Å². The van der Waals surface area contributed by atoms with Crippen molar-refractivity contribution >= 4 is 23.5 Å². The Kier molecular flexibility index (Phi) is 6.66. The normalized spacial score (nSPS) is 16.4. The summed E-state index contributed by atoms with van der Waals surface area (Å²) in [5, 5.41) is 11.3. The number of rotatable bonds is 4. The van der Waals surface area contributed by atoms with Crippen molar-refractivity contribution < 1.29 is 23.9 Å². The third-order valence-electron chi connectivity index (χ3n) is 7.25. The standard InChI is InChI=1S/C29H25N5O5/c1-17-9-19(20-7-6-18(13-30)14-32-20)10-24(39-2)25(17)26-22(35)11-29(12-23(26)36)15-34(16-29)28(38)33-27(37)21-5-3-4-8-31-21/h3-10,14,26H,11-12,15-16H2,1-2H3,(H,33,37,38). The van der Waals surface area contributed by atoms with Crippen LogP contribution in [0.5, 0.6) is 5.75 Å². The maximum Gasteiger partial charge on any atom is 0.324 e. The first-order valence-electron chi connectivity index (χ1n) is 12.4. The molecule has 3 amide bonds. The number of nitriles is 1. The zero-order valence-corrected chi connectivity index (χ0v) is 21.4. The van der Waals surface area contributed by atoms with E-state index in [4.69, 9.17) is 10.00 Å². The molecule has 5 rings (SSSR count). The van der Waals surface area contributed by atoms with Gasteiger partial charge in [0, 0.05) is 54.9 Å². The Balaban J connectivity index is 1.29. The van der Waals surface area contributed by atoms with Crippen molar-refractivity contribution in [2.75, 3.05) is 20.2 Å². The second kappa shape index (κ2) is 10.1. The van der Waals surface area contributed by atoms with Gasteiger partial charge in [-0.1, -0.05) is 6.07 Å². The van der Waals surface area contributed by atoms with Crippen molar-refractivity contribution in [3.63, 3.8) is 0 Å². The second-order valence-electron chi connectivity index (χ2n) is 10.0. The smallest absolute Gasteiger partial charge is 0.324 e. The summed E-state index contributed by atoms with van der Waals surface area (Å²) in [7, 11) is 1.49. The average molecular weight is 524 g/mol. The summed E-state index contributed by atoms with van der Waals surface area (Å²) in [5.41, 5.74) is 2.57. The van der Waals surface area contributed by atoms with E-state index < -0.39 is 23.3 Å². The van der Waals surface area contributed by atoms with E-state index >= 15 is 0 Å². The monoisotopic (exact) mass is 523 g/mol. The molecule has 3 aromatic rings. The van der Waals surface area contributed by atoms with Crippen LogP contribution in [0.25, 0.3) is 11.3 Å². The molecule has 2 aromatic heterocycles. The van der Waals surface area contributed by atoms with Crippen molar-refractivity contribution in [3.05, 3.63) is 77.2 Å². The summed E-state index contributed by atoms with van der Waals surface area (Å²) in [6.45, 7) is 2.24. The molecular formula is C29H25N5O5. The molecule has 1 spiro atoms. The summed E-state index contributed by atoms with van der Waals surface area (Å²) < 4.78 is 5.61. The molecule has 1 aliphatic heterocycles. The van der Waals surface area contributed by atoms with E-state index in [1.165, 1.54) is 30.5 Å². The van der Waals surface area contributed by atoms with E-state index in [-0.39, 0.29) is 43.2 Å². The number of Topliss-reactive ketones (excluding diaryl/α,β-unsaturated/α-hetero) is 2. The molecule has 0 bridgehead atoms. The van der Waals surface area contributed by atoms with Crippen molar-refractivity contribution in [1.29, 1.82) is 5.26 Å². The van der Waals surface area contributed by atoms with Crippen LogP contribution in [0.3, 0.4) is 0 Å². The number of urea groups is 1. The van der Waals surface area contributed by atoms with Crippen molar-refractivity contribution in [3.8, 4) is 23.1 Å². The molecule has 1 saturated carbocycles. The van der Waals surface area contributed by atoms with Crippen molar-refractivity contribution in [1.82, 2.24) is 20.2 Å². The summed E-state index contributed by atoms with van der Waals surface area (Å²) in [6, 6.07) is 13.3. The number of pyridine rings is 2. The van der Waals surface area contributed by atoms with Gasteiger partial charge < -0.3 is 9.64 Å². The molecular weight excluding hydrogens is 498 g/mol. The van der Waals surface area contributed by atoms with Crippen LogP contribution in [0.4, 0.5) is 4.79 Å². The second-order valence-corrected chi connectivity index (χ2v) is 10.0. The number of aryl methyl sites for hydroxylation is 1. The number of carbonyl (C=O) groups is 4. The minimum absolute atomic E-state index is 0.122. The van der Waals surface area contributed by atoms with Gasteiger partial charge in [0.2, 0.25) is 0 Å². The van der Waals surface area contributed by atoms with Gasteiger partial charge in [-0.15, -0.1) is 0 Å². The van der Waals surface area contributed by atoms with Gasteiger partial charge in [0.15, 0.2) is 0 Å². The van der Waals surface area contributed by atoms with Crippen LogP contribution in [0.2, 0.25) is 0 Å². The maximum atomic E-state index is 13.4. The molecule has 3 heterocycles. The van der Waals surface area contributed by atoms with Gasteiger partial charge in [-0.3, -0.25) is 29.7 Å². The fourth-order valence-electron chi connectivity index (χ4n) is 5.46. The van der Waals surface area contributed by atoms with Gasteiger partial charge in [-0.25, -0.2) is 4.79 Å². The third kappa shape index (κ3) is 4.86. The maximum absolute atomic E-state index is 13.4. The van der Waals surface area contributed by atoms with Gasteiger partial charge in [0.1, 0.15) is 35.0 Å². The van der Waals surface area contributed by atoms with Crippen LogP contribution in [-0.2, 0) is 9.59 Å². The fraction of sp³-hybridized carbons (Fsp3) is 0.276. The first kappa shape index (κ1) is 25.7. The van der Waals surface area contributed by atoms with Gasteiger partial charge in [0.05, 0.1) is 18.4 Å². The zero-order chi connectivity index (χ0) is 27.7. The Morgan fingerprint density at radius 1 is 1.10 bits per heavy atom. The molecule has 196 valence electrons. The molecule has 1 saturated heterocycles. The minimum Gasteiger partial charge on any atom is -0.496 e. The number of ketones is 2. The molecule has 1 aromatic carbocycles.